The molecular weight excluding hydrogens is 470 g/mol. The summed E-state index contributed by atoms with van der Waals surface area (Å²) in [6, 6.07) is 2.96. The van der Waals surface area contributed by atoms with E-state index in [1.54, 1.807) is 30.3 Å². The molecule has 1 aromatic carbocycles. The maximum absolute atomic E-state index is 12.7. The highest BCUT2D eigenvalue weighted by atomic mass is 32.1. The third-order valence-corrected chi connectivity index (χ3v) is 4.85. The van der Waals surface area contributed by atoms with Gasteiger partial charge in [-0.2, -0.15) is 12.6 Å². The first kappa shape index (κ1) is 28.4. The molecule has 0 aliphatic heterocycles. The van der Waals surface area contributed by atoms with E-state index in [9.17, 15) is 28.8 Å². The Morgan fingerprint density at radius 2 is 1.32 bits per heavy atom. The van der Waals surface area contributed by atoms with Crippen LogP contribution in [0.25, 0.3) is 0 Å². The summed E-state index contributed by atoms with van der Waals surface area (Å²) in [6.07, 6.45) is -1.44. The van der Waals surface area contributed by atoms with E-state index in [0.29, 0.717) is 0 Å². The Labute approximate surface area is 200 Å². The highest BCUT2D eigenvalue weighted by Gasteiger charge is 2.32. The number of carboxylic acid groups (broad SMARTS) is 2. The van der Waals surface area contributed by atoms with Crippen LogP contribution in [0.3, 0.4) is 0 Å². The SMILES string of the molecule is NC(=O)CC(NC(=O)C(N)Cc1ccccc1)C(=O)NC(CC(=O)O)C(=O)NC(CS)C(=O)O. The van der Waals surface area contributed by atoms with Gasteiger partial charge in [-0.3, -0.25) is 24.0 Å². The van der Waals surface area contributed by atoms with Crippen LogP contribution < -0.4 is 27.4 Å². The van der Waals surface area contributed by atoms with E-state index in [1.807, 2.05) is 0 Å². The summed E-state index contributed by atoms with van der Waals surface area (Å²) < 4.78 is 0. The van der Waals surface area contributed by atoms with Gasteiger partial charge in [0.25, 0.3) is 0 Å². The molecule has 1 aromatic rings. The van der Waals surface area contributed by atoms with E-state index in [2.05, 4.69) is 28.6 Å². The molecule has 4 amide bonds. The topological polar surface area (TPSA) is 231 Å². The van der Waals surface area contributed by atoms with Crippen molar-refractivity contribution in [3.63, 3.8) is 0 Å². The summed E-state index contributed by atoms with van der Waals surface area (Å²) in [4.78, 5) is 71.2. The number of amides is 4. The number of carbonyl (C=O) groups excluding carboxylic acids is 4. The van der Waals surface area contributed by atoms with Crippen molar-refractivity contribution in [2.45, 2.75) is 43.4 Å². The van der Waals surface area contributed by atoms with Crippen LogP contribution in [0.2, 0.25) is 0 Å². The van der Waals surface area contributed by atoms with Crippen molar-refractivity contribution in [2.75, 3.05) is 5.75 Å². The van der Waals surface area contributed by atoms with Gasteiger partial charge < -0.3 is 37.6 Å². The minimum Gasteiger partial charge on any atom is -0.481 e. The number of carboxylic acids is 2. The van der Waals surface area contributed by atoms with Gasteiger partial charge in [0, 0.05) is 5.75 Å². The zero-order chi connectivity index (χ0) is 25.8. The molecule has 0 bridgehead atoms. The minimum absolute atomic E-state index is 0.127. The highest BCUT2D eigenvalue weighted by molar-refractivity contribution is 7.80. The number of thiol groups is 1. The molecule has 34 heavy (non-hydrogen) atoms. The lowest BCUT2D eigenvalue weighted by Crippen LogP contribution is -2.58. The minimum atomic E-state index is -1.71. The van der Waals surface area contributed by atoms with Gasteiger partial charge in [-0.05, 0) is 12.0 Å². The first-order valence-corrected chi connectivity index (χ1v) is 10.6. The number of benzene rings is 1. The van der Waals surface area contributed by atoms with Crippen molar-refractivity contribution in [1.82, 2.24) is 16.0 Å². The summed E-state index contributed by atoms with van der Waals surface area (Å²) >= 11 is 3.79. The fraction of sp³-hybridized carbons (Fsp3) is 0.400. The van der Waals surface area contributed by atoms with E-state index in [4.69, 9.17) is 21.7 Å². The second-order valence-electron chi connectivity index (χ2n) is 7.27. The molecule has 14 heteroatoms. The van der Waals surface area contributed by atoms with Crippen LogP contribution in [0.15, 0.2) is 30.3 Å². The van der Waals surface area contributed by atoms with Crippen LogP contribution in [0.4, 0.5) is 0 Å². The molecule has 0 saturated heterocycles. The molecule has 13 nitrogen and oxygen atoms in total. The molecule has 4 atom stereocenters. The number of hydrogen-bond donors (Lipinski definition) is 8. The molecular formula is C20H27N5O8S. The van der Waals surface area contributed by atoms with Gasteiger partial charge in [-0.1, -0.05) is 30.3 Å². The third kappa shape index (κ3) is 9.87. The lowest BCUT2D eigenvalue weighted by Gasteiger charge is -2.24. The number of nitrogens with one attached hydrogen (secondary N) is 3. The smallest absolute Gasteiger partial charge is 0.327 e. The first-order chi connectivity index (χ1) is 15.9. The molecule has 0 fully saturated rings. The number of aliphatic carboxylic acids is 2. The largest absolute Gasteiger partial charge is 0.481 e. The fourth-order valence-corrected chi connectivity index (χ4v) is 3.01. The van der Waals surface area contributed by atoms with Gasteiger partial charge in [0.15, 0.2) is 0 Å². The molecule has 0 heterocycles. The third-order valence-electron chi connectivity index (χ3n) is 4.48. The average Bonchev–Trinajstić information content (AvgIpc) is 2.75. The zero-order valence-electron chi connectivity index (χ0n) is 18.0. The standard InChI is InChI=1S/C20H27N5O8S/c21-11(6-10-4-2-1-3-5-10)17(29)23-12(7-15(22)26)18(30)24-13(8-16(27)28)19(31)25-14(9-34)20(32)33/h1-5,11-14,34H,6-9,21H2,(H2,22,26)(H,23,29)(H,24,30)(H,25,31)(H,27,28)(H,32,33). The molecule has 0 radical (unpaired) electrons. The molecule has 186 valence electrons. The Morgan fingerprint density at radius 1 is 0.824 bits per heavy atom. The number of nitrogens with two attached hydrogens (primary N) is 2. The summed E-state index contributed by atoms with van der Waals surface area (Å²) in [6.45, 7) is 0. The number of carbonyl (C=O) groups is 6. The highest BCUT2D eigenvalue weighted by Crippen LogP contribution is 2.04. The maximum Gasteiger partial charge on any atom is 0.327 e. The van der Waals surface area contributed by atoms with Gasteiger partial charge in [-0.15, -0.1) is 0 Å². The lowest BCUT2D eigenvalue weighted by molar-refractivity contribution is -0.143. The maximum atomic E-state index is 12.7. The van der Waals surface area contributed by atoms with Gasteiger partial charge in [0.1, 0.15) is 18.1 Å². The number of hydrogen-bond acceptors (Lipinski definition) is 8. The molecule has 0 spiro atoms. The van der Waals surface area contributed by atoms with Crippen molar-refractivity contribution in [1.29, 1.82) is 0 Å². The van der Waals surface area contributed by atoms with Crippen LogP contribution >= 0.6 is 12.6 Å². The summed E-state index contributed by atoms with van der Waals surface area (Å²) in [5.74, 6) is -7.13. The van der Waals surface area contributed by atoms with E-state index >= 15 is 0 Å². The Kier molecular flexibility index (Phi) is 11.5. The quantitative estimate of drug-likeness (QED) is 0.125. The Morgan fingerprint density at radius 3 is 1.79 bits per heavy atom. The van der Waals surface area contributed by atoms with Crippen molar-refractivity contribution >= 4 is 48.2 Å². The molecule has 0 aliphatic carbocycles. The van der Waals surface area contributed by atoms with Crippen molar-refractivity contribution in [2.24, 2.45) is 11.5 Å². The summed E-state index contributed by atoms with van der Waals surface area (Å²) in [5, 5.41) is 24.5. The molecule has 0 saturated carbocycles. The number of primary amides is 1. The average molecular weight is 498 g/mol. The van der Waals surface area contributed by atoms with E-state index < -0.39 is 72.6 Å². The van der Waals surface area contributed by atoms with Gasteiger partial charge in [0.05, 0.1) is 18.9 Å². The second-order valence-corrected chi connectivity index (χ2v) is 7.63. The van der Waals surface area contributed by atoms with E-state index in [0.717, 1.165) is 5.56 Å². The van der Waals surface area contributed by atoms with Crippen LogP contribution in [0, 0.1) is 0 Å². The summed E-state index contributed by atoms with van der Waals surface area (Å²) in [5.41, 5.74) is 11.8. The molecule has 1 rings (SSSR count). The van der Waals surface area contributed by atoms with Crippen LogP contribution in [-0.4, -0.2) is 75.7 Å². The van der Waals surface area contributed by atoms with E-state index in [-0.39, 0.29) is 12.2 Å². The van der Waals surface area contributed by atoms with Crippen molar-refractivity contribution in [3.8, 4) is 0 Å². The molecule has 4 unspecified atom stereocenters. The molecule has 0 aromatic heterocycles. The van der Waals surface area contributed by atoms with Crippen LogP contribution in [0.1, 0.15) is 18.4 Å². The second kappa shape index (κ2) is 13.8. The van der Waals surface area contributed by atoms with Crippen molar-refractivity contribution in [3.05, 3.63) is 35.9 Å². The molecule has 9 N–H and O–H groups in total. The van der Waals surface area contributed by atoms with Crippen molar-refractivity contribution < 1.29 is 39.0 Å². The van der Waals surface area contributed by atoms with Gasteiger partial charge >= 0.3 is 11.9 Å². The van der Waals surface area contributed by atoms with Gasteiger partial charge in [0.2, 0.25) is 23.6 Å². The zero-order valence-corrected chi connectivity index (χ0v) is 18.9. The lowest BCUT2D eigenvalue weighted by atomic mass is 10.0. The van der Waals surface area contributed by atoms with Crippen LogP contribution in [-0.2, 0) is 35.2 Å². The summed E-state index contributed by atoms with van der Waals surface area (Å²) in [7, 11) is 0. The van der Waals surface area contributed by atoms with Crippen LogP contribution in [0.5, 0.6) is 0 Å². The number of rotatable bonds is 14. The predicted octanol–water partition coefficient (Wildman–Crippen LogP) is -2.62. The van der Waals surface area contributed by atoms with Gasteiger partial charge in [-0.25, -0.2) is 4.79 Å². The monoisotopic (exact) mass is 497 g/mol. The Bertz CT molecular complexity index is 913. The fourth-order valence-electron chi connectivity index (χ4n) is 2.76. The Hall–Kier alpha value is -3.65. The molecule has 0 aliphatic rings. The normalized spacial score (nSPS) is 14.1. The first-order valence-electron chi connectivity index (χ1n) is 9.99. The Balaban J connectivity index is 2.94. The van der Waals surface area contributed by atoms with E-state index in [1.165, 1.54) is 0 Å². The predicted molar refractivity (Wildman–Crippen MR) is 121 cm³/mol.